The Bertz CT molecular complexity index is 1160. The molecule has 3 aromatic rings. The van der Waals surface area contributed by atoms with Crippen molar-refractivity contribution in [3.05, 3.63) is 58.3 Å². The quantitative estimate of drug-likeness (QED) is 0.636. The molecule has 28 heavy (non-hydrogen) atoms. The Labute approximate surface area is 165 Å². The van der Waals surface area contributed by atoms with E-state index in [-0.39, 0.29) is 27.9 Å². The number of anilines is 2. The van der Waals surface area contributed by atoms with Crippen LogP contribution in [0, 0.1) is 25.2 Å². The van der Waals surface area contributed by atoms with Crippen LogP contribution in [0.4, 0.5) is 11.0 Å². The van der Waals surface area contributed by atoms with Gasteiger partial charge in [0.2, 0.25) is 11.8 Å². The van der Waals surface area contributed by atoms with Crippen molar-refractivity contribution in [3.8, 4) is 6.07 Å². The van der Waals surface area contributed by atoms with Crippen LogP contribution in [0.2, 0.25) is 0 Å². The second-order valence-electron chi connectivity index (χ2n) is 5.89. The Balaban J connectivity index is 1.67. The predicted octanol–water partition coefficient (Wildman–Crippen LogP) is 3.21. The van der Waals surface area contributed by atoms with E-state index in [1.165, 1.54) is 12.1 Å². The van der Waals surface area contributed by atoms with Gasteiger partial charge in [-0.2, -0.15) is 5.26 Å². The number of carbonyl (C=O) groups is 1. The molecule has 0 saturated carbocycles. The Hall–Kier alpha value is -3.16. The zero-order valence-corrected chi connectivity index (χ0v) is 16.6. The number of hydrogen-bond acceptors (Lipinski definition) is 7. The lowest BCUT2D eigenvalue weighted by atomic mass is 10.2. The lowest BCUT2D eigenvalue weighted by molar-refractivity contribution is -0.115. The van der Waals surface area contributed by atoms with Gasteiger partial charge in [0.05, 0.1) is 17.0 Å². The van der Waals surface area contributed by atoms with E-state index in [2.05, 4.69) is 15.0 Å². The first-order valence-electron chi connectivity index (χ1n) is 8.12. The van der Waals surface area contributed by atoms with Crippen molar-refractivity contribution in [2.45, 2.75) is 25.2 Å². The molecule has 0 saturated heterocycles. The third kappa shape index (κ3) is 4.21. The van der Waals surface area contributed by atoms with Gasteiger partial charge in [-0.1, -0.05) is 18.2 Å². The molecule has 3 rings (SSSR count). The molecule has 144 valence electrons. The SMILES string of the molecule is Cc1oc(NC(=O)Cc2csc(NS(=O)(=O)c3ccccc3)n2)c(C#N)c1C. The van der Waals surface area contributed by atoms with Gasteiger partial charge in [-0.3, -0.25) is 14.8 Å². The van der Waals surface area contributed by atoms with Crippen LogP contribution in [0.15, 0.2) is 45.0 Å². The number of sulfonamides is 1. The number of nitrogens with one attached hydrogen (secondary N) is 2. The fourth-order valence-electron chi connectivity index (χ4n) is 2.39. The zero-order chi connectivity index (χ0) is 20.3. The average Bonchev–Trinajstić information content (AvgIpc) is 3.19. The molecule has 2 N–H and O–H groups in total. The predicted molar refractivity (Wildman–Crippen MR) is 105 cm³/mol. The average molecular weight is 416 g/mol. The topological polar surface area (TPSA) is 125 Å². The third-order valence-corrected chi connectivity index (χ3v) is 6.21. The first-order chi connectivity index (χ1) is 13.3. The van der Waals surface area contributed by atoms with Crippen LogP contribution in [0.1, 0.15) is 22.6 Å². The minimum Gasteiger partial charge on any atom is -0.444 e. The molecule has 0 radical (unpaired) electrons. The van der Waals surface area contributed by atoms with Crippen LogP contribution in [0.5, 0.6) is 0 Å². The molecule has 0 aliphatic rings. The van der Waals surface area contributed by atoms with E-state index >= 15 is 0 Å². The van der Waals surface area contributed by atoms with Crippen molar-refractivity contribution < 1.29 is 17.6 Å². The highest BCUT2D eigenvalue weighted by molar-refractivity contribution is 7.93. The molecule has 0 fully saturated rings. The van der Waals surface area contributed by atoms with Crippen LogP contribution in [0.25, 0.3) is 0 Å². The number of thiazole rings is 1. The summed E-state index contributed by atoms with van der Waals surface area (Å²) in [5, 5.41) is 13.5. The molecular weight excluding hydrogens is 400 g/mol. The number of hydrogen-bond donors (Lipinski definition) is 2. The van der Waals surface area contributed by atoms with Gasteiger partial charge in [0.1, 0.15) is 17.4 Å². The van der Waals surface area contributed by atoms with E-state index in [1.54, 1.807) is 37.4 Å². The number of carbonyl (C=O) groups excluding carboxylic acids is 1. The van der Waals surface area contributed by atoms with Crippen LogP contribution < -0.4 is 10.0 Å². The number of amides is 1. The maximum Gasteiger partial charge on any atom is 0.263 e. The number of aromatic nitrogens is 1. The largest absolute Gasteiger partial charge is 0.444 e. The maximum atomic E-state index is 12.3. The second kappa shape index (κ2) is 7.84. The summed E-state index contributed by atoms with van der Waals surface area (Å²) < 4.78 is 32.4. The number of aryl methyl sites for hydroxylation is 1. The molecule has 2 aromatic heterocycles. The number of rotatable bonds is 6. The van der Waals surface area contributed by atoms with Gasteiger partial charge in [0.15, 0.2) is 5.13 Å². The van der Waals surface area contributed by atoms with Crippen molar-refractivity contribution in [1.82, 2.24) is 4.98 Å². The summed E-state index contributed by atoms with van der Waals surface area (Å²) in [4.78, 5) is 16.5. The fraction of sp³-hybridized carbons (Fsp3) is 0.167. The number of nitriles is 1. The zero-order valence-electron chi connectivity index (χ0n) is 15.0. The molecule has 2 heterocycles. The van der Waals surface area contributed by atoms with E-state index < -0.39 is 15.9 Å². The van der Waals surface area contributed by atoms with Crippen molar-refractivity contribution in [2.24, 2.45) is 0 Å². The van der Waals surface area contributed by atoms with Gasteiger partial charge in [0, 0.05) is 10.9 Å². The highest BCUT2D eigenvalue weighted by atomic mass is 32.2. The Morgan fingerprint density at radius 3 is 2.68 bits per heavy atom. The Morgan fingerprint density at radius 1 is 1.29 bits per heavy atom. The van der Waals surface area contributed by atoms with Gasteiger partial charge in [-0.05, 0) is 26.0 Å². The van der Waals surface area contributed by atoms with Crippen molar-refractivity contribution in [1.29, 1.82) is 5.26 Å². The molecule has 1 amide bonds. The first-order valence-corrected chi connectivity index (χ1v) is 10.5. The van der Waals surface area contributed by atoms with Gasteiger partial charge < -0.3 is 4.42 Å². The molecule has 0 aliphatic heterocycles. The van der Waals surface area contributed by atoms with Crippen molar-refractivity contribution in [2.75, 3.05) is 10.0 Å². The third-order valence-electron chi connectivity index (χ3n) is 3.92. The standard InChI is InChI=1S/C18H16N4O4S2/c1-11-12(2)26-17(15(11)9-19)21-16(23)8-13-10-27-18(20-13)22-28(24,25)14-6-4-3-5-7-14/h3-7,10H,8H2,1-2H3,(H,20,22)(H,21,23). The summed E-state index contributed by atoms with van der Waals surface area (Å²) in [5.74, 6) is 0.230. The summed E-state index contributed by atoms with van der Waals surface area (Å²) in [6, 6.07) is 9.92. The molecule has 10 heteroatoms. The van der Waals surface area contributed by atoms with Crippen molar-refractivity contribution >= 4 is 38.3 Å². The van der Waals surface area contributed by atoms with Crippen LogP contribution in [-0.2, 0) is 21.2 Å². The van der Waals surface area contributed by atoms with E-state index in [1.807, 2.05) is 6.07 Å². The number of benzene rings is 1. The maximum absolute atomic E-state index is 12.3. The van der Waals surface area contributed by atoms with Crippen LogP contribution in [-0.4, -0.2) is 19.3 Å². The first kappa shape index (κ1) is 19.6. The smallest absolute Gasteiger partial charge is 0.263 e. The highest BCUT2D eigenvalue weighted by Crippen LogP contribution is 2.26. The molecule has 8 nitrogen and oxygen atoms in total. The molecule has 0 atom stereocenters. The molecule has 0 bridgehead atoms. The molecule has 0 spiro atoms. The minimum absolute atomic E-state index is 0.0901. The summed E-state index contributed by atoms with van der Waals surface area (Å²) >= 11 is 1.08. The van der Waals surface area contributed by atoms with E-state index in [0.29, 0.717) is 17.0 Å². The van der Waals surface area contributed by atoms with Crippen LogP contribution in [0.3, 0.4) is 0 Å². The molecule has 0 aliphatic carbocycles. The molecule has 1 aromatic carbocycles. The highest BCUT2D eigenvalue weighted by Gasteiger charge is 2.19. The summed E-state index contributed by atoms with van der Waals surface area (Å²) in [6.45, 7) is 3.44. The Kier molecular flexibility index (Phi) is 5.48. The fourth-order valence-corrected chi connectivity index (χ4v) is 4.38. The van der Waals surface area contributed by atoms with E-state index in [0.717, 1.165) is 11.3 Å². The van der Waals surface area contributed by atoms with Gasteiger partial charge in [-0.25, -0.2) is 13.4 Å². The summed E-state index contributed by atoms with van der Waals surface area (Å²) in [7, 11) is -3.74. The van der Waals surface area contributed by atoms with Gasteiger partial charge in [-0.15, -0.1) is 11.3 Å². The van der Waals surface area contributed by atoms with Crippen molar-refractivity contribution in [3.63, 3.8) is 0 Å². The van der Waals surface area contributed by atoms with E-state index in [4.69, 9.17) is 4.42 Å². The Morgan fingerprint density at radius 2 is 2.00 bits per heavy atom. The molecule has 0 unspecified atom stereocenters. The summed E-state index contributed by atoms with van der Waals surface area (Å²) in [6.07, 6.45) is -0.0901. The monoisotopic (exact) mass is 416 g/mol. The summed E-state index contributed by atoms with van der Waals surface area (Å²) in [5.41, 5.74) is 1.34. The molecular formula is C18H16N4O4S2. The normalized spacial score (nSPS) is 11.0. The lowest BCUT2D eigenvalue weighted by Gasteiger charge is -2.04. The van der Waals surface area contributed by atoms with E-state index in [9.17, 15) is 18.5 Å². The number of nitrogens with zero attached hydrogens (tertiary/aromatic N) is 2. The van der Waals surface area contributed by atoms with Gasteiger partial charge in [0.25, 0.3) is 10.0 Å². The van der Waals surface area contributed by atoms with Gasteiger partial charge >= 0.3 is 0 Å². The minimum atomic E-state index is -3.74. The number of furan rings is 1. The van der Waals surface area contributed by atoms with Crippen LogP contribution >= 0.6 is 11.3 Å². The second-order valence-corrected chi connectivity index (χ2v) is 8.43. The lowest BCUT2D eigenvalue weighted by Crippen LogP contribution is -2.15.